The van der Waals surface area contributed by atoms with Crippen molar-refractivity contribution < 1.29 is 9.47 Å². The number of hydrogen-bond acceptors (Lipinski definition) is 3. The largest absolute Gasteiger partial charge is 0.381 e. The summed E-state index contributed by atoms with van der Waals surface area (Å²) in [5.41, 5.74) is 0. The fourth-order valence-corrected chi connectivity index (χ4v) is 2.39. The lowest BCUT2D eigenvalue weighted by molar-refractivity contribution is 0.0195. The Balaban J connectivity index is 1.93. The Labute approximate surface area is 113 Å². The highest BCUT2D eigenvalue weighted by atomic mass is 16.5. The molecule has 0 aromatic carbocycles. The van der Waals surface area contributed by atoms with Gasteiger partial charge in [0.25, 0.3) is 0 Å². The second-order valence-corrected chi connectivity index (χ2v) is 5.33. The third-order valence-corrected chi connectivity index (χ3v) is 3.71. The Morgan fingerprint density at radius 2 is 2.06 bits per heavy atom. The molecule has 1 aliphatic rings. The molecule has 108 valence electrons. The first-order valence-corrected chi connectivity index (χ1v) is 7.75. The highest BCUT2D eigenvalue weighted by molar-refractivity contribution is 4.65. The summed E-state index contributed by atoms with van der Waals surface area (Å²) in [6.07, 6.45) is 7.21. The van der Waals surface area contributed by atoms with Gasteiger partial charge in [0.05, 0.1) is 0 Å². The van der Waals surface area contributed by atoms with Crippen LogP contribution in [0.15, 0.2) is 0 Å². The van der Waals surface area contributed by atoms with E-state index in [4.69, 9.17) is 9.47 Å². The fourth-order valence-electron chi connectivity index (χ4n) is 2.39. The number of ether oxygens (including phenoxy) is 2. The summed E-state index contributed by atoms with van der Waals surface area (Å²) in [6, 6.07) is 0.677. The van der Waals surface area contributed by atoms with E-state index in [1.54, 1.807) is 0 Å². The van der Waals surface area contributed by atoms with Gasteiger partial charge in [0.2, 0.25) is 0 Å². The van der Waals surface area contributed by atoms with Gasteiger partial charge in [0.15, 0.2) is 0 Å². The van der Waals surface area contributed by atoms with Crippen molar-refractivity contribution in [2.75, 3.05) is 33.0 Å². The van der Waals surface area contributed by atoms with E-state index in [9.17, 15) is 0 Å². The van der Waals surface area contributed by atoms with Crippen LogP contribution in [0.5, 0.6) is 0 Å². The van der Waals surface area contributed by atoms with Crippen LogP contribution in [-0.2, 0) is 9.47 Å². The van der Waals surface area contributed by atoms with Crippen molar-refractivity contribution >= 4 is 0 Å². The molecular weight excluding hydrogens is 226 g/mol. The zero-order chi connectivity index (χ0) is 13.1. The maximum Gasteiger partial charge on any atom is 0.0495 e. The maximum absolute atomic E-state index is 5.79. The normalized spacial score (nSPS) is 19.0. The molecule has 0 aliphatic carbocycles. The summed E-state index contributed by atoms with van der Waals surface area (Å²) in [7, 11) is 0. The van der Waals surface area contributed by atoms with Crippen molar-refractivity contribution in [2.24, 2.45) is 5.92 Å². The molecule has 1 atom stereocenters. The molecule has 0 spiro atoms. The van der Waals surface area contributed by atoms with E-state index < -0.39 is 0 Å². The molecule has 0 bridgehead atoms. The Morgan fingerprint density at radius 1 is 1.28 bits per heavy atom. The molecule has 18 heavy (non-hydrogen) atoms. The van der Waals surface area contributed by atoms with E-state index in [1.165, 1.54) is 38.5 Å². The van der Waals surface area contributed by atoms with E-state index in [0.29, 0.717) is 6.04 Å². The predicted molar refractivity (Wildman–Crippen MR) is 76.0 cm³/mol. The second kappa shape index (κ2) is 10.8. The van der Waals surface area contributed by atoms with Crippen LogP contribution in [0.25, 0.3) is 0 Å². The van der Waals surface area contributed by atoms with Gasteiger partial charge in [-0.15, -0.1) is 0 Å². The molecule has 1 rings (SSSR count). The minimum absolute atomic E-state index is 0.677. The van der Waals surface area contributed by atoms with Crippen LogP contribution in [-0.4, -0.2) is 39.0 Å². The van der Waals surface area contributed by atoms with Crippen molar-refractivity contribution in [1.29, 1.82) is 0 Å². The van der Waals surface area contributed by atoms with Crippen molar-refractivity contribution in [2.45, 2.75) is 58.4 Å². The first-order valence-electron chi connectivity index (χ1n) is 7.75. The second-order valence-electron chi connectivity index (χ2n) is 5.33. The van der Waals surface area contributed by atoms with Gasteiger partial charge in [-0.1, -0.05) is 13.8 Å². The summed E-state index contributed by atoms with van der Waals surface area (Å²) >= 11 is 0. The van der Waals surface area contributed by atoms with Gasteiger partial charge in [-0.05, 0) is 51.0 Å². The molecule has 1 unspecified atom stereocenters. The molecule has 1 N–H and O–H groups in total. The van der Waals surface area contributed by atoms with Gasteiger partial charge in [0.1, 0.15) is 0 Å². The average Bonchev–Trinajstić information content (AvgIpc) is 2.43. The lowest BCUT2D eigenvalue weighted by Crippen LogP contribution is -2.29. The van der Waals surface area contributed by atoms with Crippen molar-refractivity contribution in [3.8, 4) is 0 Å². The van der Waals surface area contributed by atoms with E-state index >= 15 is 0 Å². The fraction of sp³-hybridized carbons (Fsp3) is 1.00. The van der Waals surface area contributed by atoms with Crippen LogP contribution in [0.3, 0.4) is 0 Å². The molecule has 0 radical (unpaired) electrons. The smallest absolute Gasteiger partial charge is 0.0495 e. The number of hydrogen-bond donors (Lipinski definition) is 1. The van der Waals surface area contributed by atoms with E-state index in [-0.39, 0.29) is 0 Å². The van der Waals surface area contributed by atoms with Gasteiger partial charge in [-0.25, -0.2) is 0 Å². The Bertz CT molecular complexity index is 181. The molecule has 1 heterocycles. The highest BCUT2D eigenvalue weighted by Gasteiger charge is 2.13. The summed E-state index contributed by atoms with van der Waals surface area (Å²) < 4.78 is 11.1. The molecule has 1 saturated heterocycles. The Kier molecular flexibility index (Phi) is 9.54. The SMILES string of the molecule is CCCNC(CC)CCCOCC1CCOCC1. The lowest BCUT2D eigenvalue weighted by Gasteiger charge is -2.22. The molecule has 3 heteroatoms. The third kappa shape index (κ3) is 7.34. The molecule has 1 fully saturated rings. The minimum Gasteiger partial charge on any atom is -0.381 e. The van der Waals surface area contributed by atoms with Gasteiger partial charge < -0.3 is 14.8 Å². The zero-order valence-corrected chi connectivity index (χ0v) is 12.2. The van der Waals surface area contributed by atoms with Crippen LogP contribution < -0.4 is 5.32 Å². The maximum atomic E-state index is 5.79. The monoisotopic (exact) mass is 257 g/mol. The van der Waals surface area contributed by atoms with Crippen LogP contribution in [0.2, 0.25) is 0 Å². The Hall–Kier alpha value is -0.120. The first-order chi connectivity index (χ1) is 8.86. The summed E-state index contributed by atoms with van der Waals surface area (Å²) in [5, 5.41) is 3.59. The highest BCUT2D eigenvalue weighted by Crippen LogP contribution is 2.14. The molecule has 1 aliphatic heterocycles. The van der Waals surface area contributed by atoms with Gasteiger partial charge in [-0.3, -0.25) is 0 Å². The van der Waals surface area contributed by atoms with Crippen molar-refractivity contribution in [1.82, 2.24) is 5.32 Å². The molecule has 0 aromatic rings. The van der Waals surface area contributed by atoms with Crippen LogP contribution in [0, 0.1) is 5.92 Å². The quantitative estimate of drug-likeness (QED) is 0.610. The average molecular weight is 257 g/mol. The molecule has 0 aromatic heterocycles. The number of rotatable bonds is 10. The van der Waals surface area contributed by atoms with Gasteiger partial charge in [0, 0.05) is 32.5 Å². The van der Waals surface area contributed by atoms with Crippen molar-refractivity contribution in [3.05, 3.63) is 0 Å². The molecule has 0 amide bonds. The molecule has 0 saturated carbocycles. The Morgan fingerprint density at radius 3 is 2.72 bits per heavy atom. The first kappa shape index (κ1) is 15.9. The van der Waals surface area contributed by atoms with Crippen LogP contribution in [0.4, 0.5) is 0 Å². The van der Waals surface area contributed by atoms with Gasteiger partial charge >= 0.3 is 0 Å². The predicted octanol–water partition coefficient (Wildman–Crippen LogP) is 2.99. The standard InChI is InChI=1S/C15H31NO2/c1-3-9-16-15(4-2)6-5-10-18-13-14-7-11-17-12-8-14/h14-16H,3-13H2,1-2H3. The molecular formula is C15H31NO2. The van der Waals surface area contributed by atoms with E-state index in [2.05, 4.69) is 19.2 Å². The topological polar surface area (TPSA) is 30.5 Å². The van der Waals surface area contributed by atoms with Crippen molar-refractivity contribution in [3.63, 3.8) is 0 Å². The van der Waals surface area contributed by atoms with Gasteiger partial charge in [-0.2, -0.15) is 0 Å². The minimum atomic E-state index is 0.677. The van der Waals surface area contributed by atoms with Crippen LogP contribution in [0.1, 0.15) is 52.4 Å². The number of nitrogens with one attached hydrogen (secondary N) is 1. The van der Waals surface area contributed by atoms with Crippen LogP contribution >= 0.6 is 0 Å². The third-order valence-electron chi connectivity index (χ3n) is 3.71. The van der Waals surface area contributed by atoms with E-state index in [1.807, 2.05) is 0 Å². The zero-order valence-electron chi connectivity index (χ0n) is 12.2. The summed E-state index contributed by atoms with van der Waals surface area (Å²) in [6.45, 7) is 9.32. The van der Waals surface area contributed by atoms with E-state index in [0.717, 1.165) is 38.9 Å². The summed E-state index contributed by atoms with van der Waals surface area (Å²) in [5.74, 6) is 0.735. The molecule has 3 nitrogen and oxygen atoms in total. The lowest BCUT2D eigenvalue weighted by atomic mass is 10.0. The summed E-state index contributed by atoms with van der Waals surface area (Å²) in [4.78, 5) is 0.